The lowest BCUT2D eigenvalue weighted by atomic mass is 9.85. The van der Waals surface area contributed by atoms with E-state index < -0.39 is 88.5 Å². The average Bonchev–Trinajstić information content (AvgIpc) is 3.67. The number of carbonyl (C=O) groups is 8. The molecule has 1 heterocycles. The molecule has 0 spiro atoms. The van der Waals surface area contributed by atoms with Crippen molar-refractivity contribution in [2.75, 3.05) is 27.2 Å². The van der Waals surface area contributed by atoms with Crippen LogP contribution in [0.4, 0.5) is 4.39 Å². The summed E-state index contributed by atoms with van der Waals surface area (Å²) < 4.78 is 13.7. The molecule has 72 heavy (non-hydrogen) atoms. The van der Waals surface area contributed by atoms with Crippen molar-refractivity contribution in [1.82, 2.24) is 47.0 Å². The number of benzene rings is 1. The molecule has 7 N–H and O–H groups in total. The van der Waals surface area contributed by atoms with E-state index in [0.29, 0.717) is 38.3 Å². The van der Waals surface area contributed by atoms with Crippen molar-refractivity contribution in [3.05, 3.63) is 35.6 Å². The van der Waals surface area contributed by atoms with Crippen LogP contribution < -0.4 is 37.2 Å². The summed E-state index contributed by atoms with van der Waals surface area (Å²) in [5.41, 5.74) is -2.67. The van der Waals surface area contributed by atoms with Gasteiger partial charge in [-0.15, -0.1) is 0 Å². The zero-order chi connectivity index (χ0) is 54.2. The number of nitrogens with one attached hydrogen (secondary N) is 7. The summed E-state index contributed by atoms with van der Waals surface area (Å²) in [6.45, 7) is 22.2. The molecular weight excluding hydrogens is 922 g/mol. The molecule has 7 atom stereocenters. The molecule has 1 saturated carbocycles. The van der Waals surface area contributed by atoms with Gasteiger partial charge < -0.3 is 47.0 Å². The van der Waals surface area contributed by atoms with Gasteiger partial charge in [0.1, 0.15) is 47.1 Å². The number of halogens is 1. The Hall–Kier alpha value is -5.13. The van der Waals surface area contributed by atoms with E-state index in [0.717, 1.165) is 32.1 Å². The second-order valence-electron chi connectivity index (χ2n) is 23.4. The Morgan fingerprint density at radius 1 is 0.639 bits per heavy atom. The Labute approximate surface area is 429 Å². The third-order valence-corrected chi connectivity index (χ3v) is 13.4. The van der Waals surface area contributed by atoms with E-state index in [4.69, 9.17) is 0 Å². The number of likely N-dealkylation sites (N-methyl/N-ethyl adjacent to an activating group) is 1. The lowest BCUT2D eigenvalue weighted by Crippen LogP contribution is -2.64. The number of nitrogens with zero attached hydrogens (tertiary/aromatic N) is 2. The predicted octanol–water partition coefficient (Wildman–Crippen LogP) is 4.97. The summed E-state index contributed by atoms with van der Waals surface area (Å²) in [5, 5.41) is 20.0. The molecule has 1 aliphatic heterocycles. The van der Waals surface area contributed by atoms with Crippen LogP contribution in [0.5, 0.6) is 0 Å². The number of hydrogen-bond donors (Lipinski definition) is 7. The van der Waals surface area contributed by atoms with Gasteiger partial charge in [-0.2, -0.15) is 0 Å². The summed E-state index contributed by atoms with van der Waals surface area (Å²) in [5.74, 6) is -4.65. The first-order valence-electron chi connectivity index (χ1n) is 26.4. The standard InChI is InChI=1S/C54H90FN9O8/c1-32(2)26-41(46(66)59-43(28-34(5)6)48(68)61-53(9,10)51(71)56-36(8)31-63(13)14)60-52(72)54(11,12)62-47(67)42(27-33(3)4)58-45(65)40(25-20-37-18-16-15-17-19-37)57-49(69)44-29-35(7)30-64(44)50(70)38-21-23-39(55)24-22-38/h21-24,32-37,40-44H,15-20,25-31H2,1-14H3,(H,56,71)(H,57,69)(H,58,65)(H,59,66)(H,60,72)(H,61,68)(H,62,67)/t35-,36-,40-,41-,42-,43-,44-/m0/s1. The van der Waals surface area contributed by atoms with E-state index in [1.165, 1.54) is 43.0 Å². The summed E-state index contributed by atoms with van der Waals surface area (Å²) in [6.07, 6.45) is 7.35. The molecule has 18 heteroatoms. The third-order valence-electron chi connectivity index (χ3n) is 13.4. The van der Waals surface area contributed by atoms with Gasteiger partial charge in [0, 0.05) is 24.7 Å². The molecule has 1 saturated heterocycles. The van der Waals surface area contributed by atoms with Crippen LogP contribution in [0.1, 0.15) is 164 Å². The van der Waals surface area contributed by atoms with Gasteiger partial charge in [0.2, 0.25) is 41.4 Å². The lowest BCUT2D eigenvalue weighted by molar-refractivity contribution is -0.138. The van der Waals surface area contributed by atoms with Crippen LogP contribution in [0.3, 0.4) is 0 Å². The second kappa shape index (κ2) is 27.8. The number of carbonyl (C=O) groups excluding carboxylic acids is 8. The van der Waals surface area contributed by atoms with Crippen LogP contribution in [0.15, 0.2) is 24.3 Å². The van der Waals surface area contributed by atoms with Gasteiger partial charge in [0.25, 0.3) is 5.91 Å². The van der Waals surface area contributed by atoms with E-state index in [-0.39, 0.29) is 60.4 Å². The first kappa shape index (κ1) is 61.2. The fourth-order valence-electron chi connectivity index (χ4n) is 9.59. The van der Waals surface area contributed by atoms with Crippen molar-refractivity contribution < 1.29 is 42.7 Å². The SMILES string of the molecule is CC(C)C[C@H](NC(=O)[C@H](CCC1CCCCC1)NC(=O)[C@@H]1C[C@H](C)CN1C(=O)c1ccc(F)cc1)C(=O)NC(C)(C)C(=O)N[C@@H](CC(C)C)C(=O)N[C@@H](CC(C)C)C(=O)NC(C)(C)C(=O)N[C@@H](C)CN(C)C. The molecule has 0 bridgehead atoms. The van der Waals surface area contributed by atoms with Crippen LogP contribution in [0.25, 0.3) is 0 Å². The van der Waals surface area contributed by atoms with E-state index in [1.54, 1.807) is 13.8 Å². The largest absolute Gasteiger partial charge is 0.350 e. The van der Waals surface area contributed by atoms with Gasteiger partial charge >= 0.3 is 0 Å². The third kappa shape index (κ3) is 19.7. The number of amides is 8. The molecule has 2 aliphatic rings. The minimum absolute atomic E-state index is 0.0107. The normalized spacial score (nSPS) is 18.7. The van der Waals surface area contributed by atoms with E-state index in [9.17, 15) is 42.7 Å². The molecule has 0 aromatic heterocycles. The van der Waals surface area contributed by atoms with E-state index in [1.807, 2.05) is 74.4 Å². The molecule has 1 aliphatic carbocycles. The highest BCUT2D eigenvalue weighted by molar-refractivity contribution is 6.00. The second-order valence-corrected chi connectivity index (χ2v) is 23.4. The highest BCUT2D eigenvalue weighted by Crippen LogP contribution is 2.29. The Morgan fingerprint density at radius 2 is 1.10 bits per heavy atom. The molecular formula is C54H90FN9O8. The van der Waals surface area contributed by atoms with Gasteiger partial charge in [-0.05, 0) is 141 Å². The molecule has 0 radical (unpaired) electrons. The molecule has 3 rings (SSSR count). The van der Waals surface area contributed by atoms with Crippen molar-refractivity contribution in [2.24, 2.45) is 29.6 Å². The number of hydrogen-bond acceptors (Lipinski definition) is 9. The molecule has 1 aromatic carbocycles. The quantitative estimate of drug-likeness (QED) is 0.0664. The molecule has 8 amide bonds. The van der Waals surface area contributed by atoms with Gasteiger partial charge in [-0.3, -0.25) is 38.4 Å². The summed E-state index contributed by atoms with van der Waals surface area (Å²) in [4.78, 5) is 115. The maximum Gasteiger partial charge on any atom is 0.254 e. The monoisotopic (exact) mass is 1010 g/mol. The van der Waals surface area contributed by atoms with Crippen molar-refractivity contribution in [2.45, 2.75) is 201 Å². The topological polar surface area (TPSA) is 227 Å². The molecule has 406 valence electrons. The Balaban J connectivity index is 1.80. The van der Waals surface area contributed by atoms with Crippen LogP contribution in [0, 0.1) is 35.4 Å². The van der Waals surface area contributed by atoms with Crippen molar-refractivity contribution >= 4 is 47.3 Å². The first-order chi connectivity index (χ1) is 33.5. The molecule has 1 aromatic rings. The molecule has 2 fully saturated rings. The zero-order valence-electron chi connectivity index (χ0n) is 45.9. The van der Waals surface area contributed by atoms with Crippen LogP contribution in [0.2, 0.25) is 0 Å². The number of likely N-dealkylation sites (tertiary alicyclic amines) is 1. The Kier molecular flexibility index (Phi) is 23.6. The minimum Gasteiger partial charge on any atom is -0.350 e. The van der Waals surface area contributed by atoms with Crippen molar-refractivity contribution in [1.29, 1.82) is 0 Å². The smallest absolute Gasteiger partial charge is 0.254 e. The van der Waals surface area contributed by atoms with Gasteiger partial charge in [-0.25, -0.2) is 4.39 Å². The maximum atomic E-state index is 14.4. The summed E-state index contributed by atoms with van der Waals surface area (Å²) in [6, 6.07) is -0.193. The van der Waals surface area contributed by atoms with E-state index in [2.05, 4.69) is 37.2 Å². The van der Waals surface area contributed by atoms with E-state index >= 15 is 0 Å². The maximum absolute atomic E-state index is 14.4. The number of rotatable bonds is 26. The zero-order valence-corrected chi connectivity index (χ0v) is 45.9. The van der Waals surface area contributed by atoms with Crippen molar-refractivity contribution in [3.8, 4) is 0 Å². The average molecular weight is 1010 g/mol. The first-order valence-corrected chi connectivity index (χ1v) is 26.4. The Morgan fingerprint density at radius 3 is 1.57 bits per heavy atom. The summed E-state index contributed by atoms with van der Waals surface area (Å²) >= 11 is 0. The van der Waals surface area contributed by atoms with Gasteiger partial charge in [-0.1, -0.05) is 80.6 Å². The minimum atomic E-state index is -1.60. The fraction of sp³-hybridized carbons (Fsp3) is 0.741. The fourth-order valence-corrected chi connectivity index (χ4v) is 9.59. The summed E-state index contributed by atoms with van der Waals surface area (Å²) in [7, 11) is 3.79. The Bertz CT molecular complexity index is 2000. The highest BCUT2D eigenvalue weighted by atomic mass is 19.1. The van der Waals surface area contributed by atoms with Gasteiger partial charge in [0.05, 0.1) is 0 Å². The predicted molar refractivity (Wildman–Crippen MR) is 278 cm³/mol. The lowest BCUT2D eigenvalue weighted by Gasteiger charge is -2.33. The van der Waals surface area contributed by atoms with Gasteiger partial charge in [0.15, 0.2) is 0 Å². The van der Waals surface area contributed by atoms with Crippen LogP contribution in [-0.2, 0) is 33.6 Å². The van der Waals surface area contributed by atoms with Crippen LogP contribution >= 0.6 is 0 Å². The van der Waals surface area contributed by atoms with Crippen molar-refractivity contribution in [3.63, 3.8) is 0 Å². The highest BCUT2D eigenvalue weighted by Gasteiger charge is 2.41. The molecule has 17 nitrogen and oxygen atoms in total. The van der Waals surface area contributed by atoms with Crippen LogP contribution in [-0.4, -0.2) is 132 Å². The molecule has 0 unspecified atom stereocenters.